The van der Waals surface area contributed by atoms with Gasteiger partial charge in [-0.25, -0.2) is 0 Å². The molecule has 0 amide bonds. The molecular weight excluding hydrogens is 300 g/mol. The van der Waals surface area contributed by atoms with Crippen LogP contribution in [0, 0.1) is 5.92 Å². The topological polar surface area (TPSA) is 34.5 Å². The minimum Gasteiger partial charge on any atom is -0.496 e. The van der Waals surface area contributed by atoms with Crippen LogP contribution >= 0.6 is 0 Å². The molecule has 3 saturated heterocycles. The molecule has 0 saturated carbocycles. The fraction of sp³-hybridized carbons (Fsp3) is 0.550. The van der Waals surface area contributed by atoms with E-state index in [2.05, 4.69) is 15.7 Å². The number of rotatable bonds is 2. The largest absolute Gasteiger partial charge is 0.496 e. The highest BCUT2D eigenvalue weighted by atomic mass is 16.5. The highest BCUT2D eigenvalue weighted by Crippen LogP contribution is 2.38. The summed E-state index contributed by atoms with van der Waals surface area (Å²) in [6, 6.07) is 4.31. The average molecular weight is 324 g/mol. The number of ether oxygens (including phenoxy) is 1. The molecule has 1 aromatic heterocycles. The van der Waals surface area contributed by atoms with E-state index in [9.17, 15) is 4.79 Å². The lowest BCUT2D eigenvalue weighted by Crippen LogP contribution is -2.50. The van der Waals surface area contributed by atoms with Crippen molar-refractivity contribution in [2.75, 3.05) is 26.7 Å². The number of methoxy groups -OCH3 is 1. The summed E-state index contributed by atoms with van der Waals surface area (Å²) in [7, 11) is 1.72. The van der Waals surface area contributed by atoms with Gasteiger partial charge in [-0.05, 0) is 74.2 Å². The van der Waals surface area contributed by atoms with Crippen molar-refractivity contribution in [3.05, 3.63) is 39.8 Å². The molecule has 4 nitrogen and oxygen atoms in total. The van der Waals surface area contributed by atoms with Gasteiger partial charge in [0.25, 0.3) is 5.56 Å². The smallest absolute Gasteiger partial charge is 0.258 e. The van der Waals surface area contributed by atoms with E-state index in [0.717, 1.165) is 36.9 Å². The van der Waals surface area contributed by atoms with Gasteiger partial charge in [-0.3, -0.25) is 4.79 Å². The number of nitrogens with zero attached hydrogens (tertiary/aromatic N) is 2. The minimum atomic E-state index is 0.193. The van der Waals surface area contributed by atoms with Gasteiger partial charge < -0.3 is 14.2 Å². The lowest BCUT2D eigenvalue weighted by molar-refractivity contribution is 0.0555. The highest BCUT2D eigenvalue weighted by molar-refractivity contribution is 5.90. The van der Waals surface area contributed by atoms with Crippen molar-refractivity contribution >= 4 is 10.8 Å². The van der Waals surface area contributed by atoms with Gasteiger partial charge in [-0.15, -0.1) is 0 Å². The molecule has 4 heterocycles. The van der Waals surface area contributed by atoms with Crippen molar-refractivity contribution < 1.29 is 4.74 Å². The second-order valence-electron chi connectivity index (χ2n) is 7.59. The van der Waals surface area contributed by atoms with Crippen molar-refractivity contribution in [3.63, 3.8) is 0 Å². The fourth-order valence-electron chi connectivity index (χ4n) is 5.18. The molecule has 6 rings (SSSR count). The molecule has 3 fully saturated rings. The van der Waals surface area contributed by atoms with Crippen LogP contribution in [-0.2, 0) is 12.8 Å². The molecule has 4 aliphatic rings. The first-order valence-corrected chi connectivity index (χ1v) is 9.22. The van der Waals surface area contributed by atoms with Crippen molar-refractivity contribution in [1.82, 2.24) is 9.47 Å². The number of benzene rings is 1. The first-order valence-electron chi connectivity index (χ1n) is 9.22. The number of piperidine rings is 3. The summed E-state index contributed by atoms with van der Waals surface area (Å²) in [6.07, 6.45) is 7.87. The Morgan fingerprint density at radius 1 is 1.17 bits per heavy atom. The van der Waals surface area contributed by atoms with Crippen LogP contribution in [0.2, 0.25) is 0 Å². The summed E-state index contributed by atoms with van der Waals surface area (Å²) in [5, 5.41) is 2.06. The molecule has 0 unspecified atom stereocenters. The van der Waals surface area contributed by atoms with E-state index in [0.29, 0.717) is 12.0 Å². The number of fused-ring (bicyclic) bond motifs is 3. The normalized spacial score (nSPS) is 28.3. The Kier molecular flexibility index (Phi) is 3.24. The molecule has 126 valence electrons. The van der Waals surface area contributed by atoms with Crippen LogP contribution in [0.3, 0.4) is 0 Å². The Morgan fingerprint density at radius 3 is 2.71 bits per heavy atom. The monoisotopic (exact) mass is 324 g/mol. The Balaban J connectivity index is 1.72. The second kappa shape index (κ2) is 5.35. The summed E-state index contributed by atoms with van der Waals surface area (Å²) in [5.41, 5.74) is 2.76. The predicted molar refractivity (Wildman–Crippen MR) is 95.0 cm³/mol. The molecule has 0 radical (unpaired) electrons. The van der Waals surface area contributed by atoms with Gasteiger partial charge in [0.15, 0.2) is 0 Å². The number of aryl methyl sites for hydroxylation is 2. The van der Waals surface area contributed by atoms with Crippen molar-refractivity contribution in [2.45, 2.75) is 38.1 Å². The van der Waals surface area contributed by atoms with E-state index in [-0.39, 0.29) is 5.56 Å². The molecule has 0 spiro atoms. The first-order chi connectivity index (χ1) is 11.8. The van der Waals surface area contributed by atoms with Gasteiger partial charge in [0.05, 0.1) is 13.2 Å². The lowest BCUT2D eigenvalue weighted by atomic mass is 9.83. The molecule has 1 aromatic carbocycles. The molecule has 24 heavy (non-hydrogen) atoms. The fourth-order valence-corrected chi connectivity index (χ4v) is 5.18. The molecule has 2 aromatic rings. The molecule has 2 bridgehead atoms. The second-order valence-corrected chi connectivity index (χ2v) is 7.59. The van der Waals surface area contributed by atoms with Gasteiger partial charge in [0, 0.05) is 23.7 Å². The summed E-state index contributed by atoms with van der Waals surface area (Å²) >= 11 is 0. The Morgan fingerprint density at radius 2 is 2.00 bits per heavy atom. The summed E-state index contributed by atoms with van der Waals surface area (Å²) in [5.74, 6) is 1.60. The zero-order chi connectivity index (χ0) is 16.3. The van der Waals surface area contributed by atoms with Gasteiger partial charge in [0.2, 0.25) is 0 Å². The summed E-state index contributed by atoms with van der Waals surface area (Å²) < 4.78 is 7.62. The maximum atomic E-state index is 13.3. The maximum absolute atomic E-state index is 13.3. The molecule has 0 N–H and O–H groups in total. The van der Waals surface area contributed by atoms with E-state index in [1.165, 1.54) is 42.4 Å². The molecule has 1 aliphatic carbocycles. The Labute approximate surface area is 142 Å². The van der Waals surface area contributed by atoms with Crippen LogP contribution in [0.25, 0.3) is 10.8 Å². The number of hydrogen-bond acceptors (Lipinski definition) is 3. The molecule has 1 atom stereocenters. The van der Waals surface area contributed by atoms with E-state index in [1.54, 1.807) is 7.11 Å². The van der Waals surface area contributed by atoms with Crippen LogP contribution in [0.5, 0.6) is 5.75 Å². The van der Waals surface area contributed by atoms with Crippen LogP contribution in [0.15, 0.2) is 23.1 Å². The van der Waals surface area contributed by atoms with E-state index >= 15 is 0 Å². The number of pyridine rings is 1. The maximum Gasteiger partial charge on any atom is 0.258 e. The third-order valence-electron chi connectivity index (χ3n) is 6.42. The Hall–Kier alpha value is -1.81. The average Bonchev–Trinajstić information content (AvgIpc) is 2.65. The summed E-state index contributed by atoms with van der Waals surface area (Å²) in [4.78, 5) is 15.8. The number of hydrogen-bond donors (Lipinski definition) is 0. The summed E-state index contributed by atoms with van der Waals surface area (Å²) in [6.45, 7) is 3.45. The molecule has 3 aliphatic heterocycles. The third kappa shape index (κ3) is 1.99. The quantitative estimate of drug-likeness (QED) is 0.852. The standard InChI is InChI=1S/C20H24N2O2/c1-24-18-6-5-16-19-14(3-2-4-15(18)19)11-22(20(16)23)17-12-21-9-7-13(17)8-10-21/h5-6,11,13,17H,2-4,7-10,12H2,1H3/t17-/m1/s1. The number of aromatic nitrogens is 1. The van der Waals surface area contributed by atoms with Crippen molar-refractivity contribution in [2.24, 2.45) is 5.92 Å². The van der Waals surface area contributed by atoms with Gasteiger partial charge in [0.1, 0.15) is 5.75 Å². The van der Waals surface area contributed by atoms with Crippen molar-refractivity contribution in [1.29, 1.82) is 0 Å². The van der Waals surface area contributed by atoms with Gasteiger partial charge >= 0.3 is 0 Å². The van der Waals surface area contributed by atoms with Crippen LogP contribution < -0.4 is 10.3 Å². The van der Waals surface area contributed by atoms with Crippen LogP contribution in [0.1, 0.15) is 36.4 Å². The van der Waals surface area contributed by atoms with Crippen LogP contribution in [-0.4, -0.2) is 36.2 Å². The zero-order valence-electron chi connectivity index (χ0n) is 14.3. The third-order valence-corrected chi connectivity index (χ3v) is 6.42. The van der Waals surface area contributed by atoms with E-state index in [4.69, 9.17) is 4.74 Å². The first kappa shape index (κ1) is 14.5. The highest BCUT2D eigenvalue weighted by Gasteiger charge is 2.36. The van der Waals surface area contributed by atoms with E-state index < -0.39 is 0 Å². The van der Waals surface area contributed by atoms with Gasteiger partial charge in [-0.2, -0.15) is 0 Å². The van der Waals surface area contributed by atoms with Gasteiger partial charge in [-0.1, -0.05) is 0 Å². The van der Waals surface area contributed by atoms with E-state index in [1.807, 2.05) is 12.1 Å². The SMILES string of the molecule is COc1ccc2c(=O)n([C@@H]3CN4CCC3CC4)cc3c2c1CCC3. The lowest BCUT2D eigenvalue weighted by Gasteiger charge is -2.45. The minimum absolute atomic E-state index is 0.193. The zero-order valence-corrected chi connectivity index (χ0v) is 14.3. The molecular formula is C20H24N2O2. The molecule has 4 heteroatoms. The van der Waals surface area contributed by atoms with Crippen molar-refractivity contribution in [3.8, 4) is 5.75 Å². The predicted octanol–water partition coefficient (Wildman–Crippen LogP) is 2.77. The Bertz CT molecular complexity index is 862. The van der Waals surface area contributed by atoms with Crippen LogP contribution in [0.4, 0.5) is 0 Å².